The zero-order valence-electron chi connectivity index (χ0n) is 14.7. The topological polar surface area (TPSA) is 84.5 Å². The van der Waals surface area contributed by atoms with Gasteiger partial charge in [-0.3, -0.25) is 9.52 Å². The molecule has 2 rings (SSSR count). The summed E-state index contributed by atoms with van der Waals surface area (Å²) in [4.78, 5) is 12.1. The minimum atomic E-state index is -3.64. The molecule has 0 aliphatic heterocycles. The van der Waals surface area contributed by atoms with Crippen LogP contribution in [0.5, 0.6) is 0 Å². The van der Waals surface area contributed by atoms with Crippen LogP contribution in [-0.2, 0) is 14.8 Å². The Morgan fingerprint density at radius 3 is 2.38 bits per heavy atom. The first-order valence-corrected chi connectivity index (χ1v) is 9.60. The van der Waals surface area contributed by atoms with Crippen molar-refractivity contribution in [3.8, 4) is 0 Å². The van der Waals surface area contributed by atoms with Gasteiger partial charge in [0.2, 0.25) is 0 Å². The fourth-order valence-electron chi connectivity index (χ4n) is 2.22. The molecule has 2 N–H and O–H groups in total. The van der Waals surface area contributed by atoms with Gasteiger partial charge in [0.1, 0.15) is 0 Å². The number of carbonyl (C=O) groups excluding carboxylic acids is 1. The van der Waals surface area contributed by atoms with Gasteiger partial charge < -0.3 is 10.1 Å². The molecule has 0 aliphatic rings. The van der Waals surface area contributed by atoms with Gasteiger partial charge in [-0.05, 0) is 42.8 Å². The summed E-state index contributed by atoms with van der Waals surface area (Å²) in [5, 5.41) is 3.90. The highest BCUT2D eigenvalue weighted by atomic mass is 32.2. The third-order valence-corrected chi connectivity index (χ3v) is 4.46. The maximum Gasteiger partial charge on any atom is 0.255 e. The number of methoxy groups -OCH3 is 1. The number of nitrogens with one attached hydrogen (secondary N) is 2. The van der Waals surface area contributed by atoms with Crippen LogP contribution in [0.25, 0.3) is 6.08 Å². The highest BCUT2D eigenvalue weighted by Crippen LogP contribution is 2.13. The van der Waals surface area contributed by atoms with Gasteiger partial charge in [0.15, 0.2) is 0 Å². The Bertz CT molecular complexity index is 847. The van der Waals surface area contributed by atoms with Crippen molar-refractivity contribution < 1.29 is 17.9 Å². The molecule has 26 heavy (non-hydrogen) atoms. The number of ether oxygens (including phenoxy) is 1. The molecule has 0 heterocycles. The maximum absolute atomic E-state index is 12.1. The van der Waals surface area contributed by atoms with Crippen LogP contribution in [0.3, 0.4) is 0 Å². The zero-order chi connectivity index (χ0) is 19.0. The number of carbonyl (C=O) groups is 1. The lowest BCUT2D eigenvalue weighted by molar-refractivity contribution is 0.0905. The van der Waals surface area contributed by atoms with E-state index in [2.05, 4.69) is 10.0 Å². The quantitative estimate of drug-likeness (QED) is 0.744. The van der Waals surface area contributed by atoms with E-state index in [0.717, 1.165) is 11.0 Å². The highest BCUT2D eigenvalue weighted by Gasteiger charge is 2.10. The Morgan fingerprint density at radius 2 is 1.77 bits per heavy atom. The first-order valence-electron chi connectivity index (χ1n) is 8.05. The standard InChI is InChI=1S/C19H22N2O4S/c1-15(14-25-2)20-19(22)17-8-10-18(11-9-17)21-26(23,24)13-12-16-6-4-3-5-7-16/h3-13,15,21H,14H2,1-2H3,(H,20,22)/b13-12+. The van der Waals surface area contributed by atoms with Crippen LogP contribution in [0.4, 0.5) is 5.69 Å². The summed E-state index contributed by atoms with van der Waals surface area (Å²) in [7, 11) is -2.07. The smallest absolute Gasteiger partial charge is 0.255 e. The molecule has 6 nitrogen and oxygen atoms in total. The second-order valence-corrected chi connectivity index (χ2v) is 7.33. The predicted molar refractivity (Wildman–Crippen MR) is 103 cm³/mol. The summed E-state index contributed by atoms with van der Waals surface area (Å²) in [6, 6.07) is 15.2. The molecule has 0 spiro atoms. The van der Waals surface area contributed by atoms with E-state index >= 15 is 0 Å². The minimum Gasteiger partial charge on any atom is -0.383 e. The molecule has 1 unspecified atom stereocenters. The number of benzene rings is 2. The second-order valence-electron chi connectivity index (χ2n) is 5.77. The van der Waals surface area contributed by atoms with E-state index in [0.29, 0.717) is 17.9 Å². The summed E-state index contributed by atoms with van der Waals surface area (Å²) in [6.07, 6.45) is 1.52. The van der Waals surface area contributed by atoms with E-state index in [1.165, 1.54) is 6.08 Å². The van der Waals surface area contributed by atoms with Crippen molar-refractivity contribution in [1.29, 1.82) is 0 Å². The number of amides is 1. The molecule has 0 aliphatic carbocycles. The largest absolute Gasteiger partial charge is 0.383 e. The number of rotatable bonds is 8. The number of hydrogen-bond donors (Lipinski definition) is 2. The van der Waals surface area contributed by atoms with Crippen molar-refractivity contribution in [2.75, 3.05) is 18.4 Å². The van der Waals surface area contributed by atoms with Crippen LogP contribution in [0.2, 0.25) is 0 Å². The van der Waals surface area contributed by atoms with Crippen molar-refractivity contribution in [2.45, 2.75) is 13.0 Å². The van der Waals surface area contributed by atoms with E-state index < -0.39 is 10.0 Å². The first-order chi connectivity index (χ1) is 12.4. The van der Waals surface area contributed by atoms with Crippen LogP contribution in [0, 0.1) is 0 Å². The van der Waals surface area contributed by atoms with Crippen molar-refractivity contribution in [3.05, 3.63) is 71.1 Å². The van der Waals surface area contributed by atoms with Gasteiger partial charge in [0, 0.05) is 24.4 Å². The van der Waals surface area contributed by atoms with Gasteiger partial charge in [-0.2, -0.15) is 0 Å². The van der Waals surface area contributed by atoms with Gasteiger partial charge >= 0.3 is 0 Å². The number of sulfonamides is 1. The minimum absolute atomic E-state index is 0.117. The molecule has 0 fully saturated rings. The summed E-state index contributed by atoms with van der Waals surface area (Å²) >= 11 is 0. The van der Waals surface area contributed by atoms with Gasteiger partial charge in [0.05, 0.1) is 12.0 Å². The Balaban J connectivity index is 1.99. The van der Waals surface area contributed by atoms with Crippen molar-refractivity contribution >= 4 is 27.7 Å². The monoisotopic (exact) mass is 374 g/mol. The third-order valence-electron chi connectivity index (χ3n) is 3.44. The van der Waals surface area contributed by atoms with Crippen LogP contribution >= 0.6 is 0 Å². The van der Waals surface area contributed by atoms with Gasteiger partial charge in [-0.1, -0.05) is 30.3 Å². The number of hydrogen-bond acceptors (Lipinski definition) is 4. The fraction of sp³-hybridized carbons (Fsp3) is 0.211. The molecule has 2 aromatic rings. The second kappa shape index (κ2) is 9.17. The lowest BCUT2D eigenvalue weighted by Crippen LogP contribution is -2.35. The van der Waals surface area contributed by atoms with Crippen LogP contribution in [0.15, 0.2) is 60.0 Å². The molecule has 2 aromatic carbocycles. The van der Waals surface area contributed by atoms with Crippen molar-refractivity contribution in [1.82, 2.24) is 5.32 Å². The summed E-state index contributed by atoms with van der Waals surface area (Å²) in [5.41, 5.74) is 1.61. The third kappa shape index (κ3) is 6.34. The Morgan fingerprint density at radius 1 is 1.12 bits per heavy atom. The molecule has 138 valence electrons. The summed E-state index contributed by atoms with van der Waals surface area (Å²) in [6.45, 7) is 2.25. The van der Waals surface area contributed by atoms with Crippen LogP contribution < -0.4 is 10.0 Å². The lowest BCUT2D eigenvalue weighted by atomic mass is 10.2. The number of anilines is 1. The van der Waals surface area contributed by atoms with E-state index in [1.54, 1.807) is 31.4 Å². The van der Waals surface area contributed by atoms with Crippen LogP contribution in [0.1, 0.15) is 22.8 Å². The lowest BCUT2D eigenvalue weighted by Gasteiger charge is -2.13. The van der Waals surface area contributed by atoms with E-state index in [4.69, 9.17) is 4.74 Å². The van der Waals surface area contributed by atoms with Crippen molar-refractivity contribution in [2.24, 2.45) is 0 Å². The average molecular weight is 374 g/mol. The van der Waals surface area contributed by atoms with E-state index in [9.17, 15) is 13.2 Å². The van der Waals surface area contributed by atoms with Gasteiger partial charge in [-0.25, -0.2) is 8.42 Å². The molecular weight excluding hydrogens is 352 g/mol. The van der Waals surface area contributed by atoms with Crippen molar-refractivity contribution in [3.63, 3.8) is 0 Å². The molecule has 0 saturated carbocycles. The zero-order valence-corrected chi connectivity index (χ0v) is 15.5. The first kappa shape index (κ1) is 19.7. The average Bonchev–Trinajstić information content (AvgIpc) is 2.61. The highest BCUT2D eigenvalue weighted by molar-refractivity contribution is 7.95. The molecular formula is C19H22N2O4S. The Hall–Kier alpha value is -2.64. The molecule has 0 radical (unpaired) electrons. The fourth-order valence-corrected chi connectivity index (χ4v) is 3.09. The van der Waals surface area contributed by atoms with Gasteiger partial charge in [0.25, 0.3) is 15.9 Å². The van der Waals surface area contributed by atoms with E-state index in [-0.39, 0.29) is 11.9 Å². The Kier molecular flexibility index (Phi) is 6.94. The summed E-state index contributed by atoms with van der Waals surface area (Å²) in [5.74, 6) is -0.243. The molecule has 0 bridgehead atoms. The Labute approximate surface area is 153 Å². The molecule has 7 heteroatoms. The normalized spacial score (nSPS) is 12.7. The molecule has 1 amide bonds. The molecule has 0 saturated heterocycles. The SMILES string of the molecule is COCC(C)NC(=O)c1ccc(NS(=O)(=O)/C=C/c2ccccc2)cc1. The van der Waals surface area contributed by atoms with Crippen LogP contribution in [-0.4, -0.2) is 34.1 Å². The van der Waals surface area contributed by atoms with Gasteiger partial charge in [-0.15, -0.1) is 0 Å². The maximum atomic E-state index is 12.1. The molecule has 1 atom stereocenters. The summed E-state index contributed by atoms with van der Waals surface area (Å²) < 4.78 is 31.7. The van der Waals surface area contributed by atoms with E-state index in [1.807, 2.05) is 37.3 Å². The predicted octanol–water partition coefficient (Wildman–Crippen LogP) is 2.86. The molecule has 0 aromatic heterocycles.